The number of hydrogen-bond acceptors (Lipinski definition) is 5. The first-order valence-corrected chi connectivity index (χ1v) is 12.3. The summed E-state index contributed by atoms with van der Waals surface area (Å²) in [5.74, 6) is -0.470. The highest BCUT2D eigenvalue weighted by Crippen LogP contribution is 2.53. The molecule has 0 radical (unpaired) electrons. The lowest BCUT2D eigenvalue weighted by Gasteiger charge is -2.29. The summed E-state index contributed by atoms with van der Waals surface area (Å²) in [4.78, 5) is 26.9. The summed E-state index contributed by atoms with van der Waals surface area (Å²) in [6.07, 6.45) is 0.783. The fourth-order valence-electron chi connectivity index (χ4n) is 5.74. The number of carbonyl (C=O) groups excluding carboxylic acids is 2. The number of hydrogen-bond donors (Lipinski definition) is 1. The Balaban J connectivity index is 1.59. The number of Topliss-reactive ketones (excluding diaryl/α,β-unsaturated/α-hetero) is 1. The molecule has 5 rings (SSSR count). The second-order valence-electron chi connectivity index (χ2n) is 9.42. The average Bonchev–Trinajstić information content (AvgIpc) is 3.18. The summed E-state index contributed by atoms with van der Waals surface area (Å²) in [5, 5.41) is 0.578. The van der Waals surface area contributed by atoms with Crippen molar-refractivity contribution in [3.05, 3.63) is 100 Å². The third-order valence-corrected chi connectivity index (χ3v) is 7.74. The molecule has 0 aromatic heterocycles. The molecule has 0 spiro atoms. The van der Waals surface area contributed by atoms with Gasteiger partial charge >= 0.3 is 5.97 Å². The van der Waals surface area contributed by atoms with Gasteiger partial charge in [0.05, 0.1) is 26.1 Å². The van der Waals surface area contributed by atoms with Crippen LogP contribution in [0, 0.1) is 5.92 Å². The van der Waals surface area contributed by atoms with Crippen LogP contribution in [0.5, 0.6) is 5.75 Å². The second-order valence-corrected chi connectivity index (χ2v) is 9.85. The molecule has 180 valence electrons. The molecule has 2 aliphatic rings. The van der Waals surface area contributed by atoms with E-state index < -0.39 is 5.92 Å². The van der Waals surface area contributed by atoms with Crippen LogP contribution in [0.1, 0.15) is 57.6 Å². The molecular formula is C29H28ClNO4. The molecule has 0 amide bonds. The topological polar surface area (TPSA) is 78.6 Å². The van der Waals surface area contributed by atoms with Gasteiger partial charge in [-0.1, -0.05) is 48.0 Å². The Labute approximate surface area is 210 Å². The highest BCUT2D eigenvalue weighted by atomic mass is 35.5. The van der Waals surface area contributed by atoms with Crippen LogP contribution in [0.15, 0.2) is 72.8 Å². The van der Waals surface area contributed by atoms with Gasteiger partial charge in [0.25, 0.3) is 0 Å². The fraction of sp³-hybridized carbons (Fsp3) is 0.310. The maximum Gasteiger partial charge on any atom is 0.306 e. The summed E-state index contributed by atoms with van der Waals surface area (Å²) in [6, 6.07) is 22.4. The summed E-state index contributed by atoms with van der Waals surface area (Å²) in [5.41, 5.74) is 10.3. The van der Waals surface area contributed by atoms with Crippen molar-refractivity contribution in [1.29, 1.82) is 0 Å². The second kappa shape index (κ2) is 9.84. The number of rotatable bonds is 4. The number of fused-ring (bicyclic) bond motifs is 3. The van der Waals surface area contributed by atoms with Gasteiger partial charge < -0.3 is 15.2 Å². The number of cyclic esters (lactones) is 1. The summed E-state index contributed by atoms with van der Waals surface area (Å²) in [7, 11) is 1.61. The minimum Gasteiger partial charge on any atom is -0.497 e. The van der Waals surface area contributed by atoms with Crippen molar-refractivity contribution in [2.24, 2.45) is 11.7 Å². The van der Waals surface area contributed by atoms with Gasteiger partial charge in [-0.3, -0.25) is 9.59 Å². The zero-order valence-corrected chi connectivity index (χ0v) is 20.3. The van der Waals surface area contributed by atoms with E-state index in [9.17, 15) is 9.59 Å². The number of ether oxygens (including phenoxy) is 2. The van der Waals surface area contributed by atoms with Crippen LogP contribution >= 0.6 is 11.6 Å². The minimum absolute atomic E-state index is 0.0108. The number of benzene rings is 3. The Kier molecular flexibility index (Phi) is 6.63. The van der Waals surface area contributed by atoms with E-state index in [0.717, 1.165) is 16.7 Å². The zero-order valence-electron chi connectivity index (χ0n) is 19.5. The average molecular weight is 490 g/mol. The lowest BCUT2D eigenvalue weighted by molar-refractivity contribution is -0.144. The van der Waals surface area contributed by atoms with Crippen LogP contribution in [0.3, 0.4) is 0 Å². The zero-order chi connectivity index (χ0) is 24.5. The van der Waals surface area contributed by atoms with Crippen molar-refractivity contribution in [1.82, 2.24) is 0 Å². The third kappa shape index (κ3) is 4.58. The van der Waals surface area contributed by atoms with Crippen LogP contribution in [-0.2, 0) is 9.53 Å². The maximum absolute atomic E-state index is 13.9. The number of carbonyl (C=O) groups is 2. The van der Waals surface area contributed by atoms with Crippen LogP contribution in [0.25, 0.3) is 0 Å². The highest BCUT2D eigenvalue weighted by Gasteiger charge is 2.47. The van der Waals surface area contributed by atoms with Crippen molar-refractivity contribution in [3.63, 3.8) is 0 Å². The Hall–Kier alpha value is -3.15. The molecule has 5 atom stereocenters. The molecule has 1 aliphatic carbocycles. The maximum atomic E-state index is 13.9. The van der Waals surface area contributed by atoms with E-state index in [-0.39, 0.29) is 48.6 Å². The molecular weight excluding hydrogens is 462 g/mol. The van der Waals surface area contributed by atoms with E-state index >= 15 is 0 Å². The van der Waals surface area contributed by atoms with Crippen molar-refractivity contribution in [2.45, 2.75) is 36.6 Å². The summed E-state index contributed by atoms with van der Waals surface area (Å²) >= 11 is 6.08. The van der Waals surface area contributed by atoms with Crippen LogP contribution in [-0.4, -0.2) is 31.5 Å². The van der Waals surface area contributed by atoms with E-state index in [2.05, 4.69) is 0 Å². The smallest absolute Gasteiger partial charge is 0.306 e. The number of methoxy groups -OCH3 is 1. The Morgan fingerprint density at radius 1 is 1.00 bits per heavy atom. The first kappa shape index (κ1) is 23.6. The Morgan fingerprint density at radius 2 is 1.74 bits per heavy atom. The standard InChI is InChI=1S/C29H28ClNO4/c1-34-20-11-12-21-22(13-20)23-15-27(32)35-16-25(17-5-3-2-4-6-17)26(31)14-24(23)28(21)29(33)18-7-9-19(30)10-8-18/h2-13,23-26,28H,14-16,31H2,1H3. The lowest BCUT2D eigenvalue weighted by atomic mass is 9.75. The molecule has 3 aromatic rings. The molecule has 1 fully saturated rings. The largest absolute Gasteiger partial charge is 0.497 e. The van der Waals surface area contributed by atoms with E-state index in [0.29, 0.717) is 22.8 Å². The number of esters is 1. The van der Waals surface area contributed by atoms with Crippen molar-refractivity contribution >= 4 is 23.4 Å². The molecule has 0 saturated carbocycles. The van der Waals surface area contributed by atoms with E-state index in [1.54, 1.807) is 31.4 Å². The SMILES string of the molecule is COc1ccc2c(c1)C1CC(=O)OCC(c3ccccc3)C(N)CC1C2C(=O)c1ccc(Cl)cc1. The van der Waals surface area contributed by atoms with Gasteiger partial charge in [-0.2, -0.15) is 0 Å². The van der Waals surface area contributed by atoms with Gasteiger partial charge in [-0.15, -0.1) is 0 Å². The molecule has 5 nitrogen and oxygen atoms in total. The van der Waals surface area contributed by atoms with Gasteiger partial charge in [0, 0.05) is 22.5 Å². The van der Waals surface area contributed by atoms with E-state index in [4.69, 9.17) is 26.8 Å². The van der Waals surface area contributed by atoms with Crippen molar-refractivity contribution in [2.75, 3.05) is 13.7 Å². The van der Waals surface area contributed by atoms with E-state index in [1.807, 2.05) is 48.5 Å². The molecule has 5 unspecified atom stereocenters. The molecule has 1 aliphatic heterocycles. The molecule has 1 saturated heterocycles. The van der Waals surface area contributed by atoms with Crippen molar-refractivity contribution < 1.29 is 19.1 Å². The number of ketones is 1. The van der Waals surface area contributed by atoms with Gasteiger partial charge in [-0.25, -0.2) is 0 Å². The lowest BCUT2D eigenvalue weighted by Crippen LogP contribution is -2.35. The van der Waals surface area contributed by atoms with Crippen LogP contribution in [0.4, 0.5) is 0 Å². The highest BCUT2D eigenvalue weighted by molar-refractivity contribution is 6.30. The molecule has 2 N–H and O–H groups in total. The predicted molar refractivity (Wildman–Crippen MR) is 135 cm³/mol. The van der Waals surface area contributed by atoms with Crippen molar-refractivity contribution in [3.8, 4) is 5.75 Å². The molecule has 1 heterocycles. The Bertz CT molecular complexity index is 1230. The van der Waals surface area contributed by atoms with Gasteiger partial charge in [0.1, 0.15) is 5.75 Å². The summed E-state index contributed by atoms with van der Waals surface area (Å²) in [6.45, 7) is 0.226. The summed E-state index contributed by atoms with van der Waals surface area (Å²) < 4.78 is 11.2. The minimum atomic E-state index is -0.421. The van der Waals surface area contributed by atoms with Gasteiger partial charge in [0.15, 0.2) is 5.78 Å². The van der Waals surface area contributed by atoms with Crippen LogP contribution in [0.2, 0.25) is 5.02 Å². The first-order chi connectivity index (χ1) is 17.0. The van der Waals surface area contributed by atoms with Crippen LogP contribution < -0.4 is 10.5 Å². The molecule has 0 bridgehead atoms. The normalized spacial score (nSPS) is 25.9. The third-order valence-electron chi connectivity index (χ3n) is 7.48. The number of nitrogens with two attached hydrogens (primary N) is 1. The quantitative estimate of drug-likeness (QED) is 0.388. The van der Waals surface area contributed by atoms with Gasteiger partial charge in [0.2, 0.25) is 0 Å². The monoisotopic (exact) mass is 489 g/mol. The Morgan fingerprint density at radius 3 is 2.46 bits per heavy atom. The van der Waals surface area contributed by atoms with E-state index in [1.165, 1.54) is 0 Å². The molecule has 35 heavy (non-hydrogen) atoms. The molecule has 6 heteroatoms. The fourth-order valence-corrected chi connectivity index (χ4v) is 5.86. The van der Waals surface area contributed by atoms with Gasteiger partial charge in [-0.05, 0) is 71.3 Å². The molecule has 3 aromatic carbocycles. The number of halogens is 1. The first-order valence-electron chi connectivity index (χ1n) is 11.9. The predicted octanol–water partition coefficient (Wildman–Crippen LogP) is 5.48.